The minimum Gasteiger partial charge on any atom is -0.345 e. The predicted molar refractivity (Wildman–Crippen MR) is 58.9 cm³/mol. The van der Waals surface area contributed by atoms with Crippen molar-refractivity contribution >= 4 is 18.0 Å². The van der Waals surface area contributed by atoms with E-state index in [9.17, 15) is 9.59 Å². The van der Waals surface area contributed by atoms with Gasteiger partial charge in [0.25, 0.3) is 5.91 Å². The SMILES string of the molecule is Cc1ccc(C(=O)N(C)C)cc1NC=O. The second kappa shape index (κ2) is 4.59. The number of hydrogen-bond donors (Lipinski definition) is 1. The summed E-state index contributed by atoms with van der Waals surface area (Å²) in [5.41, 5.74) is 2.16. The van der Waals surface area contributed by atoms with E-state index in [1.165, 1.54) is 4.90 Å². The lowest BCUT2D eigenvalue weighted by Crippen LogP contribution is -2.21. The van der Waals surface area contributed by atoms with Gasteiger partial charge in [0, 0.05) is 25.3 Å². The fraction of sp³-hybridized carbons (Fsp3) is 0.273. The minimum absolute atomic E-state index is 0.0797. The van der Waals surface area contributed by atoms with E-state index >= 15 is 0 Å². The number of benzene rings is 1. The van der Waals surface area contributed by atoms with Crippen LogP contribution in [0.25, 0.3) is 0 Å². The first kappa shape index (κ1) is 11.2. The van der Waals surface area contributed by atoms with Crippen molar-refractivity contribution in [3.63, 3.8) is 0 Å². The van der Waals surface area contributed by atoms with Gasteiger partial charge in [-0.25, -0.2) is 0 Å². The number of anilines is 1. The number of amides is 2. The average Bonchev–Trinajstić information content (AvgIpc) is 2.20. The van der Waals surface area contributed by atoms with E-state index in [2.05, 4.69) is 5.32 Å². The molecule has 1 aromatic rings. The number of carbonyl (C=O) groups is 2. The quantitative estimate of drug-likeness (QED) is 0.757. The van der Waals surface area contributed by atoms with E-state index in [4.69, 9.17) is 0 Å². The monoisotopic (exact) mass is 206 g/mol. The molecule has 0 saturated carbocycles. The smallest absolute Gasteiger partial charge is 0.253 e. The van der Waals surface area contributed by atoms with Gasteiger partial charge >= 0.3 is 0 Å². The summed E-state index contributed by atoms with van der Waals surface area (Å²) in [6.45, 7) is 1.87. The maximum absolute atomic E-state index is 11.6. The van der Waals surface area contributed by atoms with Crippen molar-refractivity contribution < 1.29 is 9.59 Å². The van der Waals surface area contributed by atoms with Crippen LogP contribution in [0.4, 0.5) is 5.69 Å². The Morgan fingerprint density at radius 2 is 2.07 bits per heavy atom. The number of nitrogens with zero attached hydrogens (tertiary/aromatic N) is 1. The third-order valence-corrected chi connectivity index (χ3v) is 2.11. The molecular weight excluding hydrogens is 192 g/mol. The van der Waals surface area contributed by atoms with Crippen molar-refractivity contribution in [2.45, 2.75) is 6.92 Å². The molecule has 0 radical (unpaired) electrons. The minimum atomic E-state index is -0.0797. The highest BCUT2D eigenvalue weighted by atomic mass is 16.2. The molecule has 0 bridgehead atoms. The Morgan fingerprint density at radius 1 is 1.40 bits per heavy atom. The van der Waals surface area contributed by atoms with Crippen molar-refractivity contribution in [1.29, 1.82) is 0 Å². The molecule has 1 rings (SSSR count). The van der Waals surface area contributed by atoms with E-state index in [-0.39, 0.29) is 5.91 Å². The largest absolute Gasteiger partial charge is 0.345 e. The van der Waals surface area contributed by atoms with Crippen LogP contribution < -0.4 is 5.32 Å². The molecular formula is C11H14N2O2. The van der Waals surface area contributed by atoms with E-state index in [0.717, 1.165) is 5.56 Å². The highest BCUT2D eigenvalue weighted by Gasteiger charge is 2.09. The molecule has 0 aliphatic heterocycles. The highest BCUT2D eigenvalue weighted by Crippen LogP contribution is 2.16. The van der Waals surface area contributed by atoms with Gasteiger partial charge in [-0.2, -0.15) is 0 Å². The third kappa shape index (κ3) is 2.56. The first-order valence-electron chi connectivity index (χ1n) is 4.58. The lowest BCUT2D eigenvalue weighted by atomic mass is 10.1. The molecule has 1 aromatic carbocycles. The zero-order valence-corrected chi connectivity index (χ0v) is 9.07. The Hall–Kier alpha value is -1.84. The van der Waals surface area contributed by atoms with Crippen LogP contribution in [0.15, 0.2) is 18.2 Å². The number of nitrogens with one attached hydrogen (secondary N) is 1. The number of rotatable bonds is 3. The molecule has 0 heterocycles. The third-order valence-electron chi connectivity index (χ3n) is 2.11. The topological polar surface area (TPSA) is 49.4 Å². The normalized spacial score (nSPS) is 9.53. The standard InChI is InChI=1S/C11H14N2O2/c1-8-4-5-9(11(15)13(2)3)6-10(8)12-7-14/h4-7H,1-3H3,(H,12,14). The second-order valence-electron chi connectivity index (χ2n) is 3.49. The Bertz CT molecular complexity index is 386. The molecule has 4 heteroatoms. The van der Waals surface area contributed by atoms with Gasteiger partial charge in [0.05, 0.1) is 0 Å². The van der Waals surface area contributed by atoms with Crippen LogP contribution in [0.3, 0.4) is 0 Å². The molecule has 4 nitrogen and oxygen atoms in total. The summed E-state index contributed by atoms with van der Waals surface area (Å²) < 4.78 is 0. The number of hydrogen-bond acceptors (Lipinski definition) is 2. The summed E-state index contributed by atoms with van der Waals surface area (Å²) in [7, 11) is 3.38. The van der Waals surface area contributed by atoms with Crippen molar-refractivity contribution in [1.82, 2.24) is 4.90 Å². The van der Waals surface area contributed by atoms with Crippen molar-refractivity contribution in [2.75, 3.05) is 19.4 Å². The Balaban J connectivity index is 3.06. The lowest BCUT2D eigenvalue weighted by molar-refractivity contribution is -0.105. The van der Waals surface area contributed by atoms with E-state index in [1.54, 1.807) is 26.2 Å². The first-order chi connectivity index (χ1) is 7.06. The van der Waals surface area contributed by atoms with Crippen LogP contribution in [0.5, 0.6) is 0 Å². The summed E-state index contributed by atoms with van der Waals surface area (Å²) in [5, 5.41) is 2.56. The van der Waals surface area contributed by atoms with Crippen LogP contribution in [0.2, 0.25) is 0 Å². The van der Waals surface area contributed by atoms with E-state index in [0.29, 0.717) is 17.7 Å². The Labute approximate surface area is 88.9 Å². The fourth-order valence-electron chi connectivity index (χ4n) is 1.23. The highest BCUT2D eigenvalue weighted by molar-refractivity contribution is 5.95. The van der Waals surface area contributed by atoms with Crippen molar-refractivity contribution in [3.05, 3.63) is 29.3 Å². The lowest BCUT2D eigenvalue weighted by Gasteiger charge is -2.12. The van der Waals surface area contributed by atoms with Gasteiger partial charge in [-0.05, 0) is 24.6 Å². The van der Waals surface area contributed by atoms with Crippen LogP contribution in [0, 0.1) is 6.92 Å². The maximum atomic E-state index is 11.6. The summed E-state index contributed by atoms with van der Waals surface area (Å²) >= 11 is 0. The summed E-state index contributed by atoms with van der Waals surface area (Å²) in [6.07, 6.45) is 0.603. The van der Waals surface area contributed by atoms with Gasteiger partial charge in [0.1, 0.15) is 0 Å². The predicted octanol–water partition coefficient (Wildman–Crippen LogP) is 1.27. The van der Waals surface area contributed by atoms with Crippen molar-refractivity contribution in [2.24, 2.45) is 0 Å². The summed E-state index contributed by atoms with van der Waals surface area (Å²) in [6, 6.07) is 5.22. The molecule has 2 amide bonds. The van der Waals surface area contributed by atoms with Gasteiger partial charge < -0.3 is 10.2 Å². The van der Waals surface area contributed by atoms with Gasteiger partial charge in [-0.15, -0.1) is 0 Å². The molecule has 0 aliphatic rings. The molecule has 0 aromatic heterocycles. The molecule has 1 N–H and O–H groups in total. The summed E-state index contributed by atoms with van der Waals surface area (Å²) in [5.74, 6) is -0.0797. The second-order valence-corrected chi connectivity index (χ2v) is 3.49. The average molecular weight is 206 g/mol. The first-order valence-corrected chi connectivity index (χ1v) is 4.58. The molecule has 0 saturated heterocycles. The molecule has 15 heavy (non-hydrogen) atoms. The molecule has 0 unspecified atom stereocenters. The van der Waals surface area contributed by atoms with Gasteiger partial charge in [0.15, 0.2) is 0 Å². The van der Waals surface area contributed by atoms with Crippen LogP contribution in [-0.4, -0.2) is 31.3 Å². The molecule has 0 fully saturated rings. The molecule has 0 atom stereocenters. The van der Waals surface area contributed by atoms with Crippen LogP contribution >= 0.6 is 0 Å². The maximum Gasteiger partial charge on any atom is 0.253 e. The number of carbonyl (C=O) groups excluding carboxylic acids is 2. The number of aryl methyl sites for hydroxylation is 1. The van der Waals surface area contributed by atoms with Gasteiger partial charge in [0.2, 0.25) is 6.41 Å². The Morgan fingerprint density at radius 3 is 2.60 bits per heavy atom. The van der Waals surface area contributed by atoms with E-state index < -0.39 is 0 Å². The summed E-state index contributed by atoms with van der Waals surface area (Å²) in [4.78, 5) is 23.5. The van der Waals surface area contributed by atoms with E-state index in [1.807, 2.05) is 13.0 Å². The molecule has 0 aliphatic carbocycles. The zero-order chi connectivity index (χ0) is 11.4. The fourth-order valence-corrected chi connectivity index (χ4v) is 1.23. The van der Waals surface area contributed by atoms with Crippen LogP contribution in [0.1, 0.15) is 15.9 Å². The zero-order valence-electron chi connectivity index (χ0n) is 9.07. The van der Waals surface area contributed by atoms with Crippen molar-refractivity contribution in [3.8, 4) is 0 Å². The molecule has 0 spiro atoms. The van der Waals surface area contributed by atoms with Crippen LogP contribution in [-0.2, 0) is 4.79 Å². The Kier molecular flexibility index (Phi) is 3.44. The van der Waals surface area contributed by atoms with Gasteiger partial charge in [-0.1, -0.05) is 6.07 Å². The van der Waals surface area contributed by atoms with Gasteiger partial charge in [-0.3, -0.25) is 9.59 Å². The molecule has 80 valence electrons.